The maximum Gasteiger partial charge on any atom is 0.246 e. The maximum absolute atomic E-state index is 13.2. The Morgan fingerprint density at radius 3 is 2.60 bits per heavy atom. The van der Waals surface area contributed by atoms with Crippen LogP contribution in [0.4, 0.5) is 4.39 Å². The third-order valence-corrected chi connectivity index (χ3v) is 2.89. The van der Waals surface area contributed by atoms with Crippen molar-refractivity contribution in [2.24, 2.45) is 0 Å². The summed E-state index contributed by atoms with van der Waals surface area (Å²) in [5.74, 6) is -0.511. The Morgan fingerprint density at radius 1 is 1.45 bits per heavy atom. The molecular weight excluding hydrogens is 257 g/mol. The predicted molar refractivity (Wildman–Crippen MR) is 78.6 cm³/mol. The van der Waals surface area contributed by atoms with Crippen LogP contribution in [0.15, 0.2) is 30.3 Å². The van der Waals surface area contributed by atoms with Crippen LogP contribution in [-0.2, 0) is 4.79 Å². The fraction of sp³-hybridized carbons (Fsp3) is 0.438. The van der Waals surface area contributed by atoms with E-state index in [9.17, 15) is 14.3 Å². The second-order valence-corrected chi connectivity index (χ2v) is 5.50. The van der Waals surface area contributed by atoms with Crippen molar-refractivity contribution in [3.05, 3.63) is 41.7 Å². The molecule has 0 fully saturated rings. The van der Waals surface area contributed by atoms with Gasteiger partial charge >= 0.3 is 0 Å². The highest BCUT2D eigenvalue weighted by Crippen LogP contribution is 2.15. The van der Waals surface area contributed by atoms with Gasteiger partial charge in [-0.1, -0.05) is 12.1 Å². The van der Waals surface area contributed by atoms with E-state index in [0.717, 1.165) is 0 Å². The molecule has 0 heterocycles. The van der Waals surface area contributed by atoms with Crippen LogP contribution >= 0.6 is 0 Å². The largest absolute Gasteiger partial charge is 0.389 e. The Morgan fingerprint density at radius 2 is 2.10 bits per heavy atom. The minimum absolute atomic E-state index is 0.184. The van der Waals surface area contributed by atoms with Gasteiger partial charge in [0.2, 0.25) is 5.91 Å². The molecule has 0 aliphatic heterocycles. The Hall–Kier alpha value is -1.68. The minimum Gasteiger partial charge on any atom is -0.389 e. The van der Waals surface area contributed by atoms with Crippen molar-refractivity contribution in [2.75, 3.05) is 13.1 Å². The Kier molecular flexibility index (Phi) is 5.45. The lowest BCUT2D eigenvalue weighted by Gasteiger charge is -2.27. The molecule has 1 rings (SSSR count). The average Bonchev–Trinajstić information content (AvgIpc) is 2.34. The van der Waals surface area contributed by atoms with Crippen molar-refractivity contribution in [3.63, 3.8) is 0 Å². The summed E-state index contributed by atoms with van der Waals surface area (Å²) in [6.07, 6.45) is 1.48. The van der Waals surface area contributed by atoms with Gasteiger partial charge in [0.1, 0.15) is 5.82 Å². The van der Waals surface area contributed by atoms with E-state index in [0.29, 0.717) is 17.7 Å². The smallest absolute Gasteiger partial charge is 0.246 e. The van der Waals surface area contributed by atoms with Crippen LogP contribution in [0.1, 0.15) is 33.3 Å². The van der Waals surface area contributed by atoms with E-state index in [-0.39, 0.29) is 18.3 Å². The zero-order chi connectivity index (χ0) is 15.3. The first kappa shape index (κ1) is 16.4. The molecule has 110 valence electrons. The number of rotatable bonds is 5. The molecule has 20 heavy (non-hydrogen) atoms. The SMILES string of the molecule is CCN(CC(C)(C)O)C(=O)C=C(C)c1cccc(F)c1. The number of allylic oxidation sites excluding steroid dienone is 1. The summed E-state index contributed by atoms with van der Waals surface area (Å²) < 4.78 is 13.2. The molecule has 0 aromatic heterocycles. The minimum atomic E-state index is -0.938. The molecule has 0 bridgehead atoms. The standard InChI is InChI=1S/C16H22FNO2/c1-5-18(11-16(3,4)20)15(19)9-12(2)13-7-6-8-14(17)10-13/h6-10,20H,5,11H2,1-4H3. The van der Waals surface area contributed by atoms with Gasteiger partial charge in [-0.15, -0.1) is 0 Å². The summed E-state index contributed by atoms with van der Waals surface area (Å²) in [6.45, 7) is 7.71. The van der Waals surface area contributed by atoms with Crippen molar-refractivity contribution in [1.29, 1.82) is 0 Å². The van der Waals surface area contributed by atoms with E-state index in [1.807, 2.05) is 6.92 Å². The van der Waals surface area contributed by atoms with Crippen LogP contribution in [0.2, 0.25) is 0 Å². The molecule has 0 atom stereocenters. The van der Waals surface area contributed by atoms with Crippen molar-refractivity contribution >= 4 is 11.5 Å². The van der Waals surface area contributed by atoms with E-state index < -0.39 is 5.60 Å². The van der Waals surface area contributed by atoms with Crippen molar-refractivity contribution < 1.29 is 14.3 Å². The molecule has 0 spiro atoms. The monoisotopic (exact) mass is 279 g/mol. The zero-order valence-electron chi connectivity index (χ0n) is 12.5. The number of carbonyl (C=O) groups excluding carboxylic acids is 1. The third-order valence-electron chi connectivity index (χ3n) is 2.89. The van der Waals surface area contributed by atoms with Gasteiger partial charge in [-0.05, 0) is 51.0 Å². The molecule has 0 saturated heterocycles. The van der Waals surface area contributed by atoms with Gasteiger partial charge in [0.25, 0.3) is 0 Å². The van der Waals surface area contributed by atoms with Gasteiger partial charge in [0.05, 0.1) is 5.60 Å². The van der Waals surface area contributed by atoms with Crippen LogP contribution in [0, 0.1) is 5.82 Å². The summed E-state index contributed by atoms with van der Waals surface area (Å²) >= 11 is 0. The summed E-state index contributed by atoms with van der Waals surface area (Å²) in [5, 5.41) is 9.79. The lowest BCUT2D eigenvalue weighted by molar-refractivity contribution is -0.128. The first-order valence-electron chi connectivity index (χ1n) is 6.68. The lowest BCUT2D eigenvalue weighted by Crippen LogP contribution is -2.41. The summed E-state index contributed by atoms with van der Waals surface area (Å²) in [7, 11) is 0. The molecule has 1 amide bonds. The number of benzene rings is 1. The lowest BCUT2D eigenvalue weighted by atomic mass is 10.1. The number of amides is 1. The molecule has 1 aromatic carbocycles. The van der Waals surface area contributed by atoms with E-state index in [1.54, 1.807) is 37.8 Å². The third kappa shape index (κ3) is 5.13. The molecular formula is C16H22FNO2. The van der Waals surface area contributed by atoms with Crippen molar-refractivity contribution in [1.82, 2.24) is 4.90 Å². The molecule has 1 N–H and O–H groups in total. The van der Waals surface area contributed by atoms with E-state index in [1.165, 1.54) is 18.2 Å². The van der Waals surface area contributed by atoms with Crippen molar-refractivity contribution in [2.45, 2.75) is 33.3 Å². The van der Waals surface area contributed by atoms with E-state index in [4.69, 9.17) is 0 Å². The van der Waals surface area contributed by atoms with Gasteiger partial charge in [-0.2, -0.15) is 0 Å². The second kappa shape index (κ2) is 6.66. The first-order valence-corrected chi connectivity index (χ1v) is 6.68. The van der Waals surface area contributed by atoms with Gasteiger partial charge < -0.3 is 10.0 Å². The Bertz CT molecular complexity index is 503. The van der Waals surface area contributed by atoms with Crippen LogP contribution in [0.3, 0.4) is 0 Å². The Labute approximate surface area is 119 Å². The highest BCUT2D eigenvalue weighted by Gasteiger charge is 2.20. The van der Waals surface area contributed by atoms with Crippen LogP contribution < -0.4 is 0 Å². The summed E-state index contributed by atoms with van der Waals surface area (Å²) in [4.78, 5) is 13.7. The molecule has 0 saturated carbocycles. The van der Waals surface area contributed by atoms with E-state index in [2.05, 4.69) is 0 Å². The highest BCUT2D eigenvalue weighted by molar-refractivity contribution is 5.94. The predicted octanol–water partition coefficient (Wildman–Crippen LogP) is 2.85. The number of hydrogen-bond acceptors (Lipinski definition) is 2. The van der Waals surface area contributed by atoms with Crippen LogP contribution in [0.25, 0.3) is 5.57 Å². The van der Waals surface area contributed by atoms with Gasteiger partial charge in [0, 0.05) is 19.2 Å². The maximum atomic E-state index is 13.2. The fourth-order valence-electron chi connectivity index (χ4n) is 1.91. The van der Waals surface area contributed by atoms with Crippen molar-refractivity contribution in [3.8, 4) is 0 Å². The number of hydrogen-bond donors (Lipinski definition) is 1. The number of halogens is 1. The summed E-state index contributed by atoms with van der Waals surface area (Å²) in [5.41, 5.74) is 0.438. The second-order valence-electron chi connectivity index (χ2n) is 5.50. The molecule has 0 radical (unpaired) electrons. The fourth-order valence-corrected chi connectivity index (χ4v) is 1.91. The molecule has 4 heteroatoms. The summed E-state index contributed by atoms with van der Waals surface area (Å²) in [6, 6.07) is 6.13. The zero-order valence-corrected chi connectivity index (χ0v) is 12.5. The van der Waals surface area contributed by atoms with Crippen LogP contribution in [-0.4, -0.2) is 34.6 Å². The van der Waals surface area contributed by atoms with Gasteiger partial charge in [-0.25, -0.2) is 4.39 Å². The molecule has 0 aliphatic carbocycles. The Balaban J connectivity index is 2.88. The highest BCUT2D eigenvalue weighted by atomic mass is 19.1. The molecule has 1 aromatic rings. The van der Waals surface area contributed by atoms with Gasteiger partial charge in [-0.3, -0.25) is 4.79 Å². The number of likely N-dealkylation sites (N-methyl/N-ethyl adjacent to an activating group) is 1. The quantitative estimate of drug-likeness (QED) is 0.842. The first-order chi connectivity index (χ1) is 9.23. The molecule has 3 nitrogen and oxygen atoms in total. The molecule has 0 aliphatic rings. The topological polar surface area (TPSA) is 40.5 Å². The van der Waals surface area contributed by atoms with Gasteiger partial charge in [0.15, 0.2) is 0 Å². The normalized spacial score (nSPS) is 12.4. The number of nitrogens with zero attached hydrogens (tertiary/aromatic N) is 1. The van der Waals surface area contributed by atoms with Crippen LogP contribution in [0.5, 0.6) is 0 Å². The van der Waals surface area contributed by atoms with E-state index >= 15 is 0 Å². The number of aliphatic hydroxyl groups is 1. The number of carbonyl (C=O) groups is 1. The average molecular weight is 279 g/mol. The molecule has 0 unspecified atom stereocenters.